The summed E-state index contributed by atoms with van der Waals surface area (Å²) in [4.78, 5) is 19.1. The van der Waals surface area contributed by atoms with Crippen molar-refractivity contribution in [2.45, 2.75) is 19.1 Å². The van der Waals surface area contributed by atoms with Crippen molar-refractivity contribution in [3.05, 3.63) is 83.2 Å². The molecule has 3 aromatic rings. The molecule has 0 saturated heterocycles. The Kier molecular flexibility index (Phi) is 6.56. The van der Waals surface area contributed by atoms with Crippen molar-refractivity contribution in [2.75, 3.05) is 27.4 Å². The number of aliphatic hydroxyl groups excluding tert-OH is 1. The first-order chi connectivity index (χ1) is 15.6. The highest BCUT2D eigenvalue weighted by atomic mass is 16.5. The van der Waals surface area contributed by atoms with Crippen molar-refractivity contribution in [1.29, 1.82) is 0 Å². The van der Waals surface area contributed by atoms with E-state index in [1.807, 2.05) is 42.5 Å². The molecule has 1 aliphatic rings. The number of carbonyl (C=O) groups is 1. The van der Waals surface area contributed by atoms with E-state index < -0.39 is 6.10 Å². The molecule has 1 atom stereocenters. The van der Waals surface area contributed by atoms with Crippen LogP contribution in [0.15, 0.2) is 60.8 Å². The van der Waals surface area contributed by atoms with Gasteiger partial charge in [0.25, 0.3) is 0 Å². The Hall–Kier alpha value is -3.58. The summed E-state index contributed by atoms with van der Waals surface area (Å²) in [5.41, 5.74) is 2.98. The lowest BCUT2D eigenvalue weighted by Crippen LogP contribution is -2.33. The van der Waals surface area contributed by atoms with Crippen LogP contribution in [-0.4, -0.2) is 48.3 Å². The summed E-state index contributed by atoms with van der Waals surface area (Å²) in [7, 11) is 3.15. The van der Waals surface area contributed by atoms with Crippen LogP contribution in [0.2, 0.25) is 0 Å². The molecule has 32 heavy (non-hydrogen) atoms. The quantitative estimate of drug-likeness (QED) is 0.642. The van der Waals surface area contributed by atoms with Gasteiger partial charge in [-0.25, -0.2) is 0 Å². The van der Waals surface area contributed by atoms with Crippen molar-refractivity contribution in [1.82, 2.24) is 9.88 Å². The van der Waals surface area contributed by atoms with E-state index in [0.29, 0.717) is 42.5 Å². The van der Waals surface area contributed by atoms with Gasteiger partial charge in [-0.05, 0) is 47.5 Å². The molecule has 0 unspecified atom stereocenters. The third-order valence-electron chi connectivity index (χ3n) is 5.50. The Morgan fingerprint density at radius 2 is 1.97 bits per heavy atom. The first-order valence-electron chi connectivity index (χ1n) is 10.4. The van der Waals surface area contributed by atoms with E-state index in [-0.39, 0.29) is 12.3 Å². The molecule has 2 heterocycles. The zero-order valence-corrected chi connectivity index (χ0v) is 18.2. The predicted octanol–water partition coefficient (Wildman–Crippen LogP) is 3.14. The Morgan fingerprint density at radius 3 is 2.72 bits per heavy atom. The molecule has 7 nitrogen and oxygen atoms in total. The molecule has 7 heteroatoms. The van der Waals surface area contributed by atoms with Crippen molar-refractivity contribution in [2.24, 2.45) is 0 Å². The largest absolute Gasteiger partial charge is 0.493 e. The fourth-order valence-electron chi connectivity index (χ4n) is 3.78. The first kappa shape index (κ1) is 21.6. The highest BCUT2D eigenvalue weighted by Gasteiger charge is 2.22. The van der Waals surface area contributed by atoms with Crippen LogP contribution in [0.25, 0.3) is 0 Å². The summed E-state index contributed by atoms with van der Waals surface area (Å²) in [5, 5.41) is 10.7. The summed E-state index contributed by atoms with van der Waals surface area (Å²) in [6.45, 7) is 1.30. The van der Waals surface area contributed by atoms with Crippen LogP contribution in [0.5, 0.6) is 17.2 Å². The van der Waals surface area contributed by atoms with Gasteiger partial charge in [-0.2, -0.15) is 0 Å². The minimum atomic E-state index is -0.847. The van der Waals surface area contributed by atoms with Crippen LogP contribution in [0.1, 0.15) is 28.5 Å². The van der Waals surface area contributed by atoms with Gasteiger partial charge in [0.05, 0.1) is 32.9 Å². The molecule has 0 spiro atoms. The molecule has 4 rings (SSSR count). The van der Waals surface area contributed by atoms with Gasteiger partial charge in [-0.1, -0.05) is 18.2 Å². The van der Waals surface area contributed by atoms with Crippen molar-refractivity contribution in [3.63, 3.8) is 0 Å². The molecule has 1 aliphatic heterocycles. The zero-order chi connectivity index (χ0) is 22.5. The number of fused-ring (bicyclic) bond motifs is 1. The zero-order valence-electron chi connectivity index (χ0n) is 18.2. The van der Waals surface area contributed by atoms with Crippen molar-refractivity contribution >= 4 is 5.91 Å². The van der Waals surface area contributed by atoms with Crippen LogP contribution in [0.4, 0.5) is 0 Å². The maximum Gasteiger partial charge on any atom is 0.227 e. The summed E-state index contributed by atoms with van der Waals surface area (Å²) >= 11 is 0. The number of nitrogens with zero attached hydrogens (tertiary/aromatic N) is 2. The number of pyridine rings is 1. The van der Waals surface area contributed by atoms with Gasteiger partial charge in [0.2, 0.25) is 5.91 Å². The minimum Gasteiger partial charge on any atom is -0.493 e. The number of amides is 1. The topological polar surface area (TPSA) is 81.1 Å². The molecular weight excluding hydrogens is 408 g/mol. The van der Waals surface area contributed by atoms with E-state index >= 15 is 0 Å². The molecule has 2 aromatic carbocycles. The molecular formula is C25H26N2O5. The van der Waals surface area contributed by atoms with Gasteiger partial charge in [-0.15, -0.1) is 0 Å². The van der Waals surface area contributed by atoms with Gasteiger partial charge in [0.1, 0.15) is 18.5 Å². The average molecular weight is 434 g/mol. The number of hydrogen-bond acceptors (Lipinski definition) is 6. The number of aromatic nitrogens is 1. The molecule has 1 aromatic heterocycles. The standard InChI is InChI=1S/C25H26N2O5/c1-30-22-8-6-17(13-23(22)31-2)14-24(28)27-11-12-32-21-9-7-18(15-19(21)16-27)25(29)20-5-3-4-10-26-20/h3-10,13,15,25,29H,11-12,14,16H2,1-2H3/t25-/m0/s1. The fraction of sp³-hybridized carbons (Fsp3) is 0.280. The Morgan fingerprint density at radius 1 is 1.12 bits per heavy atom. The van der Waals surface area contributed by atoms with Crippen LogP contribution in [0, 0.1) is 0 Å². The minimum absolute atomic E-state index is 0.00986. The second-order valence-electron chi connectivity index (χ2n) is 7.55. The maximum atomic E-state index is 13.1. The van der Waals surface area contributed by atoms with Crippen molar-refractivity contribution < 1.29 is 24.1 Å². The smallest absolute Gasteiger partial charge is 0.227 e. The monoisotopic (exact) mass is 434 g/mol. The van der Waals surface area contributed by atoms with E-state index in [2.05, 4.69) is 4.98 Å². The lowest BCUT2D eigenvalue weighted by atomic mass is 10.0. The molecule has 1 amide bonds. The highest BCUT2D eigenvalue weighted by Crippen LogP contribution is 2.30. The lowest BCUT2D eigenvalue weighted by Gasteiger charge is -2.21. The summed E-state index contributed by atoms with van der Waals surface area (Å²) < 4.78 is 16.5. The highest BCUT2D eigenvalue weighted by molar-refractivity contribution is 5.79. The molecule has 0 bridgehead atoms. The lowest BCUT2D eigenvalue weighted by molar-refractivity contribution is -0.131. The second-order valence-corrected chi connectivity index (χ2v) is 7.55. The summed E-state index contributed by atoms with van der Waals surface area (Å²) in [6.07, 6.45) is 1.05. The fourth-order valence-corrected chi connectivity index (χ4v) is 3.78. The molecule has 0 saturated carbocycles. The number of hydrogen-bond donors (Lipinski definition) is 1. The number of carbonyl (C=O) groups excluding carboxylic acids is 1. The predicted molar refractivity (Wildman–Crippen MR) is 119 cm³/mol. The van der Waals surface area contributed by atoms with Gasteiger partial charge < -0.3 is 24.2 Å². The summed E-state index contributed by atoms with van der Waals surface area (Å²) in [5.74, 6) is 1.93. The van der Waals surface area contributed by atoms with Crippen LogP contribution < -0.4 is 14.2 Å². The van der Waals surface area contributed by atoms with Crippen LogP contribution >= 0.6 is 0 Å². The Balaban J connectivity index is 1.52. The Labute approximate surface area is 187 Å². The van der Waals surface area contributed by atoms with Crippen LogP contribution in [-0.2, 0) is 17.8 Å². The van der Waals surface area contributed by atoms with E-state index in [0.717, 1.165) is 16.9 Å². The first-order valence-corrected chi connectivity index (χ1v) is 10.4. The maximum absolute atomic E-state index is 13.1. The van der Waals surface area contributed by atoms with Crippen LogP contribution in [0.3, 0.4) is 0 Å². The SMILES string of the molecule is COc1ccc(CC(=O)N2CCOc3ccc([C@H](O)c4ccccn4)cc3C2)cc1OC. The van der Waals surface area contributed by atoms with Crippen molar-refractivity contribution in [3.8, 4) is 17.2 Å². The number of benzene rings is 2. The summed E-state index contributed by atoms with van der Waals surface area (Å²) in [6, 6.07) is 16.5. The van der Waals surface area contributed by atoms with E-state index in [9.17, 15) is 9.90 Å². The third kappa shape index (κ3) is 4.68. The normalized spacial score (nSPS) is 14.0. The van der Waals surface area contributed by atoms with E-state index in [1.165, 1.54) is 0 Å². The number of rotatable bonds is 6. The number of aliphatic hydroxyl groups is 1. The van der Waals surface area contributed by atoms with Gasteiger partial charge in [0.15, 0.2) is 11.5 Å². The molecule has 0 aliphatic carbocycles. The van der Waals surface area contributed by atoms with Gasteiger partial charge in [-0.3, -0.25) is 9.78 Å². The molecule has 1 N–H and O–H groups in total. The van der Waals surface area contributed by atoms with Gasteiger partial charge in [0, 0.05) is 18.3 Å². The molecule has 166 valence electrons. The van der Waals surface area contributed by atoms with E-state index in [4.69, 9.17) is 14.2 Å². The molecule has 0 fully saturated rings. The van der Waals surface area contributed by atoms with E-state index in [1.54, 1.807) is 37.4 Å². The Bertz CT molecular complexity index is 1090. The number of methoxy groups -OCH3 is 2. The average Bonchev–Trinajstić information content (AvgIpc) is 3.06. The third-order valence-corrected chi connectivity index (χ3v) is 5.50. The number of ether oxygens (including phenoxy) is 3. The molecule has 0 radical (unpaired) electrons. The van der Waals surface area contributed by atoms with Gasteiger partial charge >= 0.3 is 0 Å². The second kappa shape index (κ2) is 9.70.